The summed E-state index contributed by atoms with van der Waals surface area (Å²) in [7, 11) is 0. The Morgan fingerprint density at radius 2 is 1.98 bits per heavy atom. The minimum atomic E-state index is -0.448. The summed E-state index contributed by atoms with van der Waals surface area (Å²) >= 11 is 0. The molecule has 9 nitrogen and oxygen atoms in total. The van der Waals surface area contributed by atoms with Crippen LogP contribution in [0.2, 0.25) is 0 Å². The SMILES string of the molecule is CCCCc1cn(-c2c(C(C)(C)C)ccn2CCC)c(=O)n1CC1(c2cccc(-c3nn[nH]n3)c2)C=CN=CC1. The van der Waals surface area contributed by atoms with Crippen LogP contribution >= 0.6 is 0 Å². The molecule has 0 saturated heterocycles. The maximum atomic E-state index is 14.4. The second kappa shape index (κ2) is 11.2. The average molecular weight is 541 g/mol. The Balaban J connectivity index is 1.65. The molecule has 4 heterocycles. The van der Waals surface area contributed by atoms with Crippen LogP contribution < -0.4 is 5.69 Å². The highest BCUT2D eigenvalue weighted by molar-refractivity contribution is 5.65. The number of nitrogens with zero attached hydrogens (tertiary/aromatic N) is 7. The molecule has 1 aromatic carbocycles. The number of nitrogens with one attached hydrogen (secondary N) is 1. The van der Waals surface area contributed by atoms with Gasteiger partial charge in [-0.25, -0.2) is 4.79 Å². The molecular formula is C31H40N8O. The van der Waals surface area contributed by atoms with Crippen LogP contribution in [0, 0.1) is 0 Å². The predicted octanol–water partition coefficient (Wildman–Crippen LogP) is 5.60. The monoisotopic (exact) mass is 540 g/mol. The first-order valence-electron chi connectivity index (χ1n) is 14.3. The largest absolute Gasteiger partial charge is 0.334 e. The topological polar surface area (TPSA) is 98.7 Å². The van der Waals surface area contributed by atoms with Crippen molar-refractivity contribution in [2.45, 2.75) is 90.6 Å². The van der Waals surface area contributed by atoms with E-state index in [9.17, 15) is 4.79 Å². The van der Waals surface area contributed by atoms with Gasteiger partial charge in [-0.3, -0.25) is 14.1 Å². The molecule has 1 aliphatic heterocycles. The van der Waals surface area contributed by atoms with Crippen molar-refractivity contribution in [3.8, 4) is 17.2 Å². The first-order chi connectivity index (χ1) is 19.3. The standard InChI is InChI=1S/C31H40N8O/c1-6-8-12-25-21-38(28-26(30(3,4)5)13-19-37(28)18-7-2)29(40)39(25)22-31(14-16-32-17-15-31)24-11-9-10-23(20-24)27-33-35-36-34-27/h9-11,13-14,16-17,19-21H,6-8,12,15,18,22H2,1-5H3,(H,33,34,35,36). The van der Waals surface area contributed by atoms with Crippen molar-refractivity contribution >= 4 is 6.21 Å². The maximum Gasteiger partial charge on any atom is 0.334 e. The van der Waals surface area contributed by atoms with Crippen molar-refractivity contribution in [2.75, 3.05) is 0 Å². The van der Waals surface area contributed by atoms with Crippen molar-refractivity contribution in [3.63, 3.8) is 0 Å². The molecule has 0 radical (unpaired) electrons. The molecule has 9 heteroatoms. The zero-order valence-electron chi connectivity index (χ0n) is 24.3. The summed E-state index contributed by atoms with van der Waals surface area (Å²) in [5.74, 6) is 1.52. The Labute approximate surface area is 235 Å². The highest BCUT2D eigenvalue weighted by atomic mass is 16.1. The number of rotatable bonds is 10. The van der Waals surface area contributed by atoms with E-state index in [0.717, 1.165) is 54.9 Å². The maximum absolute atomic E-state index is 14.4. The molecule has 1 aliphatic rings. The second-order valence-corrected chi connectivity index (χ2v) is 11.8. The highest BCUT2D eigenvalue weighted by Gasteiger charge is 2.34. The van der Waals surface area contributed by atoms with Crippen LogP contribution in [0.1, 0.15) is 77.1 Å². The van der Waals surface area contributed by atoms with Gasteiger partial charge in [0.25, 0.3) is 0 Å². The quantitative estimate of drug-likeness (QED) is 0.283. The van der Waals surface area contributed by atoms with E-state index in [0.29, 0.717) is 18.8 Å². The van der Waals surface area contributed by atoms with Gasteiger partial charge >= 0.3 is 5.69 Å². The molecule has 3 aromatic heterocycles. The molecule has 0 bridgehead atoms. The lowest BCUT2D eigenvalue weighted by Crippen LogP contribution is -2.37. The van der Waals surface area contributed by atoms with E-state index < -0.39 is 5.41 Å². The number of aryl methyl sites for hydroxylation is 2. The summed E-state index contributed by atoms with van der Waals surface area (Å²) in [6.07, 6.45) is 14.7. The number of aliphatic imine (C=N–C) groups is 1. The van der Waals surface area contributed by atoms with Gasteiger partial charge in [-0.05, 0) is 54.0 Å². The van der Waals surface area contributed by atoms with Crippen LogP contribution in [0.15, 0.2) is 64.8 Å². The van der Waals surface area contributed by atoms with Crippen LogP contribution in [0.3, 0.4) is 0 Å². The van der Waals surface area contributed by atoms with E-state index >= 15 is 0 Å². The summed E-state index contributed by atoms with van der Waals surface area (Å²) in [5, 5.41) is 14.6. The minimum absolute atomic E-state index is 0.00253. The van der Waals surface area contributed by atoms with Gasteiger partial charge in [0.05, 0.1) is 0 Å². The molecule has 5 rings (SSSR count). The second-order valence-electron chi connectivity index (χ2n) is 11.8. The first-order valence-corrected chi connectivity index (χ1v) is 14.3. The van der Waals surface area contributed by atoms with E-state index in [1.54, 1.807) is 0 Å². The zero-order chi connectivity index (χ0) is 28.3. The van der Waals surface area contributed by atoms with E-state index in [2.05, 4.69) is 101 Å². The zero-order valence-corrected chi connectivity index (χ0v) is 24.3. The Hall–Kier alpha value is -4.01. The normalized spacial score (nSPS) is 17.1. The lowest BCUT2D eigenvalue weighted by molar-refractivity contribution is 0.438. The minimum Gasteiger partial charge on any atom is -0.334 e. The average Bonchev–Trinajstić information content (AvgIpc) is 3.69. The van der Waals surface area contributed by atoms with E-state index in [1.165, 1.54) is 5.56 Å². The number of H-pyrrole nitrogens is 1. The van der Waals surface area contributed by atoms with Crippen molar-refractivity contribution in [1.82, 2.24) is 34.3 Å². The number of tetrazole rings is 1. The van der Waals surface area contributed by atoms with Crippen molar-refractivity contribution < 1.29 is 0 Å². The fourth-order valence-corrected chi connectivity index (χ4v) is 5.63. The van der Waals surface area contributed by atoms with Gasteiger partial charge < -0.3 is 4.57 Å². The molecule has 210 valence electrons. The smallest absolute Gasteiger partial charge is 0.334 e. The van der Waals surface area contributed by atoms with Crippen LogP contribution in [-0.4, -0.2) is 40.5 Å². The van der Waals surface area contributed by atoms with Gasteiger partial charge in [0.15, 0.2) is 0 Å². The third-order valence-corrected chi connectivity index (χ3v) is 7.80. The van der Waals surface area contributed by atoms with E-state index in [-0.39, 0.29) is 11.1 Å². The molecule has 0 fully saturated rings. The molecule has 1 atom stereocenters. The predicted molar refractivity (Wildman–Crippen MR) is 159 cm³/mol. The van der Waals surface area contributed by atoms with Crippen molar-refractivity contribution in [2.24, 2.45) is 4.99 Å². The van der Waals surface area contributed by atoms with Gasteiger partial charge in [-0.15, -0.1) is 10.2 Å². The number of unbranched alkanes of at least 4 members (excludes halogenated alkanes) is 1. The van der Waals surface area contributed by atoms with Gasteiger partial charge in [0.1, 0.15) is 5.82 Å². The molecule has 0 spiro atoms. The van der Waals surface area contributed by atoms with E-state index in [1.807, 2.05) is 33.7 Å². The Morgan fingerprint density at radius 1 is 1.12 bits per heavy atom. The first kappa shape index (κ1) is 27.6. The fraction of sp³-hybridized carbons (Fsp3) is 0.452. The number of benzene rings is 1. The van der Waals surface area contributed by atoms with Gasteiger partial charge in [-0.1, -0.05) is 65.3 Å². The molecule has 1 N–H and O–H groups in total. The molecule has 1 unspecified atom stereocenters. The molecule has 0 saturated carbocycles. The van der Waals surface area contributed by atoms with Gasteiger partial charge in [0, 0.05) is 60.1 Å². The van der Waals surface area contributed by atoms with Gasteiger partial charge in [-0.2, -0.15) is 5.21 Å². The fourth-order valence-electron chi connectivity index (χ4n) is 5.63. The molecule has 4 aromatic rings. The molecule has 0 amide bonds. The van der Waals surface area contributed by atoms with Crippen LogP contribution in [-0.2, 0) is 30.3 Å². The number of hydrogen-bond donors (Lipinski definition) is 1. The van der Waals surface area contributed by atoms with Crippen LogP contribution in [0.4, 0.5) is 0 Å². The number of allylic oxidation sites excluding steroid dienone is 1. The molecule has 40 heavy (non-hydrogen) atoms. The Bertz CT molecular complexity index is 1560. The van der Waals surface area contributed by atoms with Crippen molar-refractivity contribution in [3.05, 3.63) is 82.3 Å². The van der Waals surface area contributed by atoms with Gasteiger partial charge in [0.2, 0.25) is 5.82 Å². The lowest BCUT2D eigenvalue weighted by Gasteiger charge is -2.32. The summed E-state index contributed by atoms with van der Waals surface area (Å²) in [6.45, 7) is 12.4. The Morgan fingerprint density at radius 3 is 2.65 bits per heavy atom. The lowest BCUT2D eigenvalue weighted by atomic mass is 9.76. The molecular weight excluding hydrogens is 500 g/mol. The number of aromatic amines is 1. The Kier molecular flexibility index (Phi) is 7.74. The third-order valence-electron chi connectivity index (χ3n) is 7.80. The summed E-state index contributed by atoms with van der Waals surface area (Å²) < 4.78 is 6.12. The van der Waals surface area contributed by atoms with E-state index in [4.69, 9.17) is 0 Å². The number of aromatic nitrogens is 7. The van der Waals surface area contributed by atoms with Crippen LogP contribution in [0.25, 0.3) is 17.2 Å². The highest BCUT2D eigenvalue weighted by Crippen LogP contribution is 2.36. The number of imidazole rings is 1. The molecule has 0 aliphatic carbocycles. The summed E-state index contributed by atoms with van der Waals surface area (Å²) in [4.78, 5) is 18.8. The summed E-state index contributed by atoms with van der Waals surface area (Å²) in [6, 6.07) is 10.4. The summed E-state index contributed by atoms with van der Waals surface area (Å²) in [5.41, 5.74) is 3.65. The third kappa shape index (κ3) is 5.24. The van der Waals surface area contributed by atoms with Crippen molar-refractivity contribution in [1.29, 1.82) is 0 Å². The number of hydrogen-bond acceptors (Lipinski definition) is 5. The van der Waals surface area contributed by atoms with Crippen LogP contribution in [0.5, 0.6) is 0 Å².